The first kappa shape index (κ1) is 13.8. The molecule has 0 radical (unpaired) electrons. The summed E-state index contributed by atoms with van der Waals surface area (Å²) < 4.78 is 5.31. The van der Waals surface area contributed by atoms with E-state index in [-0.39, 0.29) is 0 Å². The van der Waals surface area contributed by atoms with Crippen molar-refractivity contribution in [3.63, 3.8) is 0 Å². The number of nitrogens with zero attached hydrogens (tertiary/aromatic N) is 3. The van der Waals surface area contributed by atoms with Gasteiger partial charge in [-0.2, -0.15) is 5.10 Å². The molecule has 0 saturated heterocycles. The van der Waals surface area contributed by atoms with Crippen LogP contribution in [-0.4, -0.2) is 27.3 Å². The number of nitrogens with two attached hydrogens (primary N) is 1. The van der Waals surface area contributed by atoms with Crippen molar-refractivity contribution in [3.8, 4) is 17.1 Å². The van der Waals surface area contributed by atoms with Crippen LogP contribution in [0.1, 0.15) is 10.8 Å². The SMILES string of the molecule is COc1cc(N)c(Cl)cc1-c1n[nH]c(Cc2nccs2)n1. The topological polar surface area (TPSA) is 89.7 Å². The van der Waals surface area contributed by atoms with Crippen LogP contribution in [0.2, 0.25) is 5.02 Å². The van der Waals surface area contributed by atoms with E-state index in [4.69, 9.17) is 22.1 Å². The van der Waals surface area contributed by atoms with Crippen LogP contribution in [0.25, 0.3) is 11.4 Å². The van der Waals surface area contributed by atoms with Crippen molar-refractivity contribution in [2.24, 2.45) is 0 Å². The smallest absolute Gasteiger partial charge is 0.184 e. The molecule has 3 rings (SSSR count). The zero-order chi connectivity index (χ0) is 14.8. The van der Waals surface area contributed by atoms with Gasteiger partial charge in [0.15, 0.2) is 5.82 Å². The molecular formula is C13H12ClN5OS. The van der Waals surface area contributed by atoms with E-state index in [9.17, 15) is 0 Å². The molecule has 0 atom stereocenters. The molecule has 1 aromatic carbocycles. The van der Waals surface area contributed by atoms with Crippen molar-refractivity contribution in [2.45, 2.75) is 6.42 Å². The first-order chi connectivity index (χ1) is 10.2. The second kappa shape index (κ2) is 5.71. The third kappa shape index (κ3) is 2.84. The fraction of sp³-hybridized carbons (Fsp3) is 0.154. The van der Waals surface area contributed by atoms with E-state index in [1.54, 1.807) is 36.8 Å². The summed E-state index contributed by atoms with van der Waals surface area (Å²) in [5.41, 5.74) is 6.92. The number of H-pyrrole nitrogens is 1. The summed E-state index contributed by atoms with van der Waals surface area (Å²) in [7, 11) is 1.56. The minimum Gasteiger partial charge on any atom is -0.496 e. The summed E-state index contributed by atoms with van der Waals surface area (Å²) in [5.74, 6) is 1.83. The average molecular weight is 322 g/mol. The Morgan fingerprint density at radius 2 is 2.29 bits per heavy atom. The quantitative estimate of drug-likeness (QED) is 0.721. The number of nitrogens with one attached hydrogen (secondary N) is 1. The number of anilines is 1. The first-order valence-electron chi connectivity index (χ1n) is 6.10. The minimum absolute atomic E-state index is 0.442. The summed E-state index contributed by atoms with van der Waals surface area (Å²) in [6, 6.07) is 3.36. The van der Waals surface area contributed by atoms with E-state index in [0.29, 0.717) is 34.3 Å². The van der Waals surface area contributed by atoms with Gasteiger partial charge in [-0.3, -0.25) is 5.10 Å². The van der Waals surface area contributed by atoms with Gasteiger partial charge in [0.1, 0.15) is 16.6 Å². The van der Waals surface area contributed by atoms with Crippen molar-refractivity contribution in [2.75, 3.05) is 12.8 Å². The standard InChI is InChI=1S/C13H12ClN5OS/c1-20-10-5-9(15)8(14)4-7(10)13-17-11(18-19-13)6-12-16-2-3-21-12/h2-5H,6,15H2,1H3,(H,17,18,19). The van der Waals surface area contributed by atoms with Crippen LogP contribution < -0.4 is 10.5 Å². The van der Waals surface area contributed by atoms with Crippen molar-refractivity contribution >= 4 is 28.6 Å². The number of rotatable bonds is 4. The lowest BCUT2D eigenvalue weighted by Gasteiger charge is -2.07. The Labute approximate surface area is 130 Å². The molecule has 108 valence electrons. The molecule has 0 aliphatic carbocycles. The molecular weight excluding hydrogens is 310 g/mol. The molecule has 0 unspecified atom stereocenters. The van der Waals surface area contributed by atoms with Gasteiger partial charge in [0, 0.05) is 17.6 Å². The van der Waals surface area contributed by atoms with Gasteiger partial charge in [-0.05, 0) is 6.07 Å². The van der Waals surface area contributed by atoms with Gasteiger partial charge in [-0.1, -0.05) is 11.6 Å². The number of hydrogen-bond acceptors (Lipinski definition) is 6. The third-order valence-electron chi connectivity index (χ3n) is 2.89. The summed E-state index contributed by atoms with van der Waals surface area (Å²) in [6.45, 7) is 0. The van der Waals surface area contributed by atoms with E-state index < -0.39 is 0 Å². The second-order valence-corrected chi connectivity index (χ2v) is 5.67. The Bertz CT molecular complexity index is 756. The maximum absolute atomic E-state index is 6.06. The predicted molar refractivity (Wildman–Crippen MR) is 82.7 cm³/mol. The van der Waals surface area contributed by atoms with Gasteiger partial charge in [-0.15, -0.1) is 11.3 Å². The van der Waals surface area contributed by atoms with Crippen molar-refractivity contribution < 1.29 is 4.74 Å². The monoisotopic (exact) mass is 321 g/mol. The highest BCUT2D eigenvalue weighted by atomic mass is 35.5. The molecule has 3 N–H and O–H groups in total. The molecule has 6 nitrogen and oxygen atoms in total. The van der Waals surface area contributed by atoms with Gasteiger partial charge in [0.05, 0.1) is 29.8 Å². The van der Waals surface area contributed by atoms with Gasteiger partial charge >= 0.3 is 0 Å². The number of aromatic amines is 1. The van der Waals surface area contributed by atoms with Crippen LogP contribution in [-0.2, 0) is 6.42 Å². The molecule has 0 aliphatic rings. The third-order valence-corrected chi connectivity index (χ3v) is 4.00. The first-order valence-corrected chi connectivity index (χ1v) is 7.36. The fourth-order valence-corrected chi connectivity index (χ4v) is 2.68. The van der Waals surface area contributed by atoms with Gasteiger partial charge < -0.3 is 10.5 Å². The average Bonchev–Trinajstić information content (AvgIpc) is 3.13. The normalized spacial score (nSPS) is 10.8. The number of hydrogen-bond donors (Lipinski definition) is 2. The van der Waals surface area contributed by atoms with E-state index in [0.717, 1.165) is 10.8 Å². The Balaban J connectivity index is 1.94. The molecule has 2 aromatic heterocycles. The van der Waals surface area contributed by atoms with Crippen molar-refractivity contribution in [1.82, 2.24) is 20.2 Å². The maximum Gasteiger partial charge on any atom is 0.184 e. The molecule has 3 aromatic rings. The largest absolute Gasteiger partial charge is 0.496 e. The van der Waals surface area contributed by atoms with E-state index in [1.165, 1.54) is 0 Å². The van der Waals surface area contributed by atoms with E-state index in [1.807, 2.05) is 5.38 Å². The number of ether oxygens (including phenoxy) is 1. The van der Waals surface area contributed by atoms with Crippen molar-refractivity contribution in [1.29, 1.82) is 0 Å². The molecule has 2 heterocycles. The van der Waals surface area contributed by atoms with Gasteiger partial charge in [0.25, 0.3) is 0 Å². The number of aromatic nitrogens is 4. The summed E-state index contributed by atoms with van der Waals surface area (Å²) in [4.78, 5) is 8.68. The van der Waals surface area contributed by atoms with Crippen LogP contribution in [0.15, 0.2) is 23.7 Å². The molecule has 0 aliphatic heterocycles. The van der Waals surface area contributed by atoms with E-state index >= 15 is 0 Å². The number of thiazole rings is 1. The molecule has 0 amide bonds. The lowest BCUT2D eigenvalue weighted by Crippen LogP contribution is -1.94. The number of methoxy groups -OCH3 is 1. The molecule has 0 spiro atoms. The van der Waals surface area contributed by atoms with Crippen LogP contribution in [0.4, 0.5) is 5.69 Å². The maximum atomic E-state index is 6.06. The number of halogens is 1. The zero-order valence-corrected chi connectivity index (χ0v) is 12.7. The van der Waals surface area contributed by atoms with Gasteiger partial charge in [0.2, 0.25) is 0 Å². The number of benzene rings is 1. The summed E-state index contributed by atoms with van der Waals surface area (Å²) >= 11 is 7.63. The molecule has 0 bridgehead atoms. The van der Waals surface area contributed by atoms with Crippen LogP contribution in [0, 0.1) is 0 Å². The molecule has 0 fully saturated rings. The second-order valence-electron chi connectivity index (χ2n) is 4.28. The van der Waals surface area contributed by atoms with Crippen molar-refractivity contribution in [3.05, 3.63) is 39.6 Å². The van der Waals surface area contributed by atoms with E-state index in [2.05, 4.69) is 20.2 Å². The highest BCUT2D eigenvalue weighted by Gasteiger charge is 2.14. The summed E-state index contributed by atoms with van der Waals surface area (Å²) in [6.07, 6.45) is 2.37. The lowest BCUT2D eigenvalue weighted by molar-refractivity contribution is 0.416. The Morgan fingerprint density at radius 1 is 1.43 bits per heavy atom. The van der Waals surface area contributed by atoms with Crippen LogP contribution in [0.3, 0.4) is 0 Å². The predicted octanol–water partition coefficient (Wildman–Crippen LogP) is 2.76. The lowest BCUT2D eigenvalue weighted by atomic mass is 10.1. The van der Waals surface area contributed by atoms with Crippen LogP contribution in [0.5, 0.6) is 5.75 Å². The van der Waals surface area contributed by atoms with Gasteiger partial charge in [-0.25, -0.2) is 9.97 Å². The Hall–Kier alpha value is -2.12. The highest BCUT2D eigenvalue weighted by molar-refractivity contribution is 7.09. The summed E-state index contributed by atoms with van der Waals surface area (Å²) in [5, 5.41) is 10.5. The zero-order valence-electron chi connectivity index (χ0n) is 11.1. The molecule has 0 saturated carbocycles. The molecule has 21 heavy (non-hydrogen) atoms. The minimum atomic E-state index is 0.442. The van der Waals surface area contributed by atoms with Crippen LogP contribution >= 0.6 is 22.9 Å². The fourth-order valence-electron chi connectivity index (χ4n) is 1.89. The Kier molecular flexibility index (Phi) is 3.76. The Morgan fingerprint density at radius 3 is 3.00 bits per heavy atom. The molecule has 8 heteroatoms. The highest BCUT2D eigenvalue weighted by Crippen LogP contribution is 2.34. The number of nitrogen functional groups attached to an aromatic ring is 1.